The smallest absolute Gasteiger partial charge is 0.270 e. The van der Waals surface area contributed by atoms with Crippen LogP contribution in [0.15, 0.2) is 48.5 Å². The maximum Gasteiger partial charge on any atom is 0.270 e. The van der Waals surface area contributed by atoms with Gasteiger partial charge in [-0.25, -0.2) is 0 Å². The van der Waals surface area contributed by atoms with Crippen LogP contribution in [0.3, 0.4) is 0 Å². The van der Waals surface area contributed by atoms with E-state index in [4.69, 9.17) is 16.3 Å². The molecule has 4 rings (SSSR count). The number of nitrogens with zero attached hydrogens (tertiary/aromatic N) is 1. The highest BCUT2D eigenvalue weighted by Crippen LogP contribution is 2.33. The first-order valence-electron chi connectivity index (χ1n) is 10.7. The number of halogens is 2. The number of amides is 1. The number of β-lactam (4-membered cyclic amide) rings is 1. The third kappa shape index (κ3) is 5.11. The molecule has 0 spiro atoms. The summed E-state index contributed by atoms with van der Waals surface area (Å²) in [4.78, 5) is 15.0. The van der Waals surface area contributed by atoms with E-state index in [-0.39, 0.29) is 24.4 Å². The highest BCUT2D eigenvalue weighted by molar-refractivity contribution is 6.30. The molecule has 2 aromatic carbocycles. The number of nitrogens with one attached hydrogen (secondary N) is 1. The molecular weight excluding hydrogens is 419 g/mol. The SMILES string of the molecule is Cc1ccccc1N1C(=O)C(Oc2ccc(Cl)cc2)C1CNC1CCCCCC1.Cl. The average molecular weight is 449 g/mol. The second-order valence-electron chi connectivity index (χ2n) is 8.15. The number of rotatable bonds is 6. The lowest BCUT2D eigenvalue weighted by Crippen LogP contribution is -2.70. The van der Waals surface area contributed by atoms with Crippen molar-refractivity contribution in [3.63, 3.8) is 0 Å². The third-order valence-electron chi connectivity index (χ3n) is 6.08. The summed E-state index contributed by atoms with van der Waals surface area (Å²) >= 11 is 5.98. The van der Waals surface area contributed by atoms with E-state index in [1.54, 1.807) is 12.1 Å². The fraction of sp³-hybridized carbons (Fsp3) is 0.458. The quantitative estimate of drug-likeness (QED) is 0.465. The summed E-state index contributed by atoms with van der Waals surface area (Å²) < 4.78 is 6.10. The lowest BCUT2D eigenvalue weighted by molar-refractivity contribution is -0.134. The minimum Gasteiger partial charge on any atom is -0.478 e. The lowest BCUT2D eigenvalue weighted by atomic mass is 9.94. The van der Waals surface area contributed by atoms with Gasteiger partial charge in [-0.2, -0.15) is 0 Å². The molecule has 30 heavy (non-hydrogen) atoms. The van der Waals surface area contributed by atoms with Gasteiger partial charge >= 0.3 is 0 Å². The normalized spacial score (nSPS) is 22.1. The Balaban J connectivity index is 0.00000256. The van der Waals surface area contributed by atoms with E-state index in [2.05, 4.69) is 5.32 Å². The van der Waals surface area contributed by atoms with Gasteiger partial charge < -0.3 is 15.0 Å². The Bertz CT molecular complexity index is 835. The Kier molecular flexibility index (Phi) is 8.04. The molecule has 2 fully saturated rings. The Morgan fingerprint density at radius 2 is 1.70 bits per heavy atom. The van der Waals surface area contributed by atoms with Gasteiger partial charge in [0.1, 0.15) is 5.75 Å². The first-order valence-corrected chi connectivity index (χ1v) is 11.1. The van der Waals surface area contributed by atoms with Crippen LogP contribution in [0.1, 0.15) is 44.1 Å². The number of aryl methyl sites for hydroxylation is 1. The number of carbonyl (C=O) groups excluding carboxylic acids is 1. The van der Waals surface area contributed by atoms with Gasteiger partial charge in [0, 0.05) is 23.3 Å². The highest BCUT2D eigenvalue weighted by atomic mass is 35.5. The lowest BCUT2D eigenvalue weighted by Gasteiger charge is -2.47. The second-order valence-corrected chi connectivity index (χ2v) is 8.59. The summed E-state index contributed by atoms with van der Waals surface area (Å²) in [6.45, 7) is 2.79. The van der Waals surface area contributed by atoms with Gasteiger partial charge in [-0.1, -0.05) is 55.5 Å². The maximum atomic E-state index is 13.0. The van der Waals surface area contributed by atoms with Gasteiger partial charge in [0.25, 0.3) is 5.91 Å². The van der Waals surface area contributed by atoms with Crippen LogP contribution >= 0.6 is 24.0 Å². The highest BCUT2D eigenvalue weighted by Gasteiger charge is 2.50. The van der Waals surface area contributed by atoms with Gasteiger partial charge in [0.05, 0.1) is 6.04 Å². The van der Waals surface area contributed by atoms with Crippen molar-refractivity contribution < 1.29 is 9.53 Å². The van der Waals surface area contributed by atoms with Gasteiger partial charge in [-0.3, -0.25) is 4.79 Å². The number of ether oxygens (including phenoxy) is 1. The van der Waals surface area contributed by atoms with Crippen LogP contribution < -0.4 is 15.0 Å². The largest absolute Gasteiger partial charge is 0.478 e. The van der Waals surface area contributed by atoms with E-state index < -0.39 is 6.10 Å². The minimum absolute atomic E-state index is 0. The number of hydrogen-bond acceptors (Lipinski definition) is 3. The summed E-state index contributed by atoms with van der Waals surface area (Å²) in [6, 6.07) is 15.8. The van der Waals surface area contributed by atoms with Crippen molar-refractivity contribution in [3.05, 3.63) is 59.1 Å². The first-order chi connectivity index (χ1) is 14.1. The number of hydrogen-bond donors (Lipinski definition) is 1. The number of para-hydroxylation sites is 1. The molecule has 1 aliphatic carbocycles. The number of anilines is 1. The molecule has 4 nitrogen and oxygen atoms in total. The molecule has 1 saturated carbocycles. The van der Waals surface area contributed by atoms with Crippen molar-refractivity contribution in [2.24, 2.45) is 0 Å². The zero-order chi connectivity index (χ0) is 20.2. The maximum absolute atomic E-state index is 13.0. The molecular formula is C24H30Cl2N2O2. The van der Waals surface area contributed by atoms with Gasteiger partial charge in [0.15, 0.2) is 6.10 Å². The monoisotopic (exact) mass is 448 g/mol. The summed E-state index contributed by atoms with van der Waals surface area (Å²) in [5.41, 5.74) is 2.08. The van der Waals surface area contributed by atoms with Crippen LogP contribution in [0, 0.1) is 6.92 Å². The molecule has 2 atom stereocenters. The molecule has 6 heteroatoms. The van der Waals surface area contributed by atoms with Crippen LogP contribution in [-0.2, 0) is 4.79 Å². The van der Waals surface area contributed by atoms with Crippen molar-refractivity contribution in [1.82, 2.24) is 5.32 Å². The van der Waals surface area contributed by atoms with E-state index in [0.29, 0.717) is 16.8 Å². The Morgan fingerprint density at radius 1 is 1.03 bits per heavy atom. The molecule has 0 radical (unpaired) electrons. The zero-order valence-corrected chi connectivity index (χ0v) is 18.9. The summed E-state index contributed by atoms with van der Waals surface area (Å²) in [7, 11) is 0. The molecule has 1 heterocycles. The first kappa shape index (κ1) is 22.9. The Morgan fingerprint density at radius 3 is 2.37 bits per heavy atom. The van der Waals surface area contributed by atoms with Crippen LogP contribution in [0.5, 0.6) is 5.75 Å². The molecule has 0 aromatic heterocycles. The van der Waals surface area contributed by atoms with E-state index in [0.717, 1.165) is 17.8 Å². The molecule has 2 aliphatic rings. The molecule has 162 valence electrons. The number of benzene rings is 2. The topological polar surface area (TPSA) is 41.6 Å². The van der Waals surface area contributed by atoms with Gasteiger partial charge in [-0.05, 0) is 55.7 Å². The Hall–Kier alpha value is -1.75. The molecule has 0 bridgehead atoms. The predicted molar refractivity (Wildman–Crippen MR) is 125 cm³/mol. The predicted octanol–water partition coefficient (Wildman–Crippen LogP) is 5.55. The fourth-order valence-electron chi connectivity index (χ4n) is 4.41. The van der Waals surface area contributed by atoms with Crippen LogP contribution in [0.25, 0.3) is 0 Å². The molecule has 2 aromatic rings. The van der Waals surface area contributed by atoms with Crippen LogP contribution in [-0.4, -0.2) is 30.6 Å². The van der Waals surface area contributed by atoms with E-state index in [9.17, 15) is 4.79 Å². The third-order valence-corrected chi connectivity index (χ3v) is 6.34. The van der Waals surface area contributed by atoms with E-state index in [1.165, 1.54) is 38.5 Å². The standard InChI is InChI=1S/C24H29ClN2O2.ClH/c1-17-8-6-7-11-21(17)27-22(16-26-19-9-4-2-3-5-10-19)23(24(27)28)29-20-14-12-18(25)13-15-20;/h6-8,11-15,19,22-23,26H,2-5,9-10,16H2,1H3;1H. The molecule has 1 aliphatic heterocycles. The summed E-state index contributed by atoms with van der Waals surface area (Å²) in [5.74, 6) is 0.693. The van der Waals surface area contributed by atoms with Gasteiger partial charge in [0.2, 0.25) is 0 Å². The number of carbonyl (C=O) groups is 1. The molecule has 1 N–H and O–H groups in total. The van der Waals surface area contributed by atoms with Gasteiger partial charge in [-0.15, -0.1) is 12.4 Å². The minimum atomic E-state index is -0.478. The zero-order valence-electron chi connectivity index (χ0n) is 17.4. The second kappa shape index (κ2) is 10.5. The summed E-state index contributed by atoms with van der Waals surface area (Å²) in [6.07, 6.45) is 7.19. The van der Waals surface area contributed by atoms with Crippen LogP contribution in [0.2, 0.25) is 5.02 Å². The van der Waals surface area contributed by atoms with Crippen molar-refractivity contribution in [2.75, 3.05) is 11.4 Å². The molecule has 1 saturated heterocycles. The van der Waals surface area contributed by atoms with Crippen molar-refractivity contribution in [1.29, 1.82) is 0 Å². The van der Waals surface area contributed by atoms with Crippen molar-refractivity contribution >= 4 is 35.6 Å². The average Bonchev–Trinajstić information content (AvgIpc) is 3.00. The molecule has 2 unspecified atom stereocenters. The van der Waals surface area contributed by atoms with Crippen LogP contribution in [0.4, 0.5) is 5.69 Å². The van der Waals surface area contributed by atoms with E-state index in [1.807, 2.05) is 48.2 Å². The van der Waals surface area contributed by atoms with Crippen molar-refractivity contribution in [2.45, 2.75) is 63.6 Å². The Labute approximate surface area is 190 Å². The molecule has 1 amide bonds. The fourth-order valence-corrected chi connectivity index (χ4v) is 4.53. The van der Waals surface area contributed by atoms with E-state index >= 15 is 0 Å². The van der Waals surface area contributed by atoms with Crippen molar-refractivity contribution in [3.8, 4) is 5.75 Å². The summed E-state index contributed by atoms with van der Waals surface area (Å²) in [5, 5.41) is 4.39.